The van der Waals surface area contributed by atoms with Crippen LogP contribution in [0.2, 0.25) is 0 Å². The number of carbonyl (C=O) groups is 1. The molecule has 5 nitrogen and oxygen atoms in total. The zero-order valence-electron chi connectivity index (χ0n) is 22.4. The van der Waals surface area contributed by atoms with Gasteiger partial charge in [0.1, 0.15) is 12.4 Å². The lowest BCUT2D eigenvalue weighted by molar-refractivity contribution is -0.135. The number of ether oxygens (including phenoxy) is 1. The Hall–Kier alpha value is -3.93. The van der Waals surface area contributed by atoms with Gasteiger partial charge in [-0.1, -0.05) is 103 Å². The van der Waals surface area contributed by atoms with E-state index in [1.54, 1.807) is 0 Å². The molecule has 1 fully saturated rings. The lowest BCUT2D eigenvalue weighted by Gasteiger charge is -2.36. The van der Waals surface area contributed by atoms with Crippen LogP contribution >= 0.6 is 0 Å². The van der Waals surface area contributed by atoms with Crippen molar-refractivity contribution in [2.45, 2.75) is 32.2 Å². The van der Waals surface area contributed by atoms with Gasteiger partial charge in [0.25, 0.3) is 0 Å². The number of rotatable bonds is 11. The van der Waals surface area contributed by atoms with Crippen molar-refractivity contribution in [1.29, 1.82) is 0 Å². The van der Waals surface area contributed by atoms with Gasteiger partial charge in [-0.15, -0.1) is 0 Å². The zero-order chi connectivity index (χ0) is 26.7. The van der Waals surface area contributed by atoms with Gasteiger partial charge < -0.3 is 15.0 Å². The van der Waals surface area contributed by atoms with Crippen LogP contribution in [0, 0.1) is 0 Å². The Balaban J connectivity index is 1.16. The minimum atomic E-state index is -0.276. The number of hydrogen-bond donors (Lipinski definition) is 1. The number of hydrogen-bond acceptors (Lipinski definition) is 4. The monoisotopic (exact) mass is 519 g/mol. The van der Waals surface area contributed by atoms with Gasteiger partial charge in [-0.2, -0.15) is 0 Å². The third kappa shape index (κ3) is 8.03. The zero-order valence-corrected chi connectivity index (χ0v) is 22.4. The summed E-state index contributed by atoms with van der Waals surface area (Å²) < 4.78 is 5.93. The molecule has 1 aliphatic heterocycles. The third-order valence-electron chi connectivity index (χ3n) is 7.24. The molecule has 1 amide bonds. The molecule has 1 N–H and O–H groups in total. The minimum Gasteiger partial charge on any atom is -0.489 e. The second-order valence-corrected chi connectivity index (χ2v) is 10.1. The molecular weight excluding hydrogens is 482 g/mol. The molecule has 1 aliphatic rings. The molecule has 0 aromatic heterocycles. The summed E-state index contributed by atoms with van der Waals surface area (Å²) in [5, 5.41) is 3.56. The van der Waals surface area contributed by atoms with Crippen LogP contribution in [0.25, 0.3) is 0 Å². The van der Waals surface area contributed by atoms with Gasteiger partial charge in [-0.3, -0.25) is 9.69 Å². The van der Waals surface area contributed by atoms with Crippen molar-refractivity contribution in [1.82, 2.24) is 15.1 Å². The van der Waals surface area contributed by atoms with Gasteiger partial charge in [0.15, 0.2) is 0 Å². The largest absolute Gasteiger partial charge is 0.489 e. The second kappa shape index (κ2) is 13.7. The Morgan fingerprint density at radius 2 is 1.23 bits per heavy atom. The fourth-order valence-corrected chi connectivity index (χ4v) is 4.97. The molecule has 0 spiro atoms. The standard InChI is InChI=1S/C34H37N3O2/c38-34(37-22-20-36(21-23-37)26-30-12-6-2-7-13-30)33(24-28-10-4-1-5-11-28)35-25-29-16-18-32(19-17-29)39-27-31-14-8-3-9-15-31/h1-19,33,35H,20-27H2/t33-/m0/s1. The SMILES string of the molecule is O=C([C@H](Cc1ccccc1)NCc1ccc(OCc2ccccc2)cc1)N1CCN(Cc2ccccc2)CC1. The Kier molecular flexibility index (Phi) is 9.40. The van der Waals surface area contributed by atoms with Gasteiger partial charge >= 0.3 is 0 Å². The maximum absolute atomic E-state index is 13.7. The van der Waals surface area contributed by atoms with E-state index in [4.69, 9.17) is 4.74 Å². The molecule has 0 unspecified atom stereocenters. The first-order chi connectivity index (χ1) is 19.2. The predicted molar refractivity (Wildman–Crippen MR) is 156 cm³/mol. The number of benzene rings is 4. The van der Waals surface area contributed by atoms with E-state index in [9.17, 15) is 4.79 Å². The maximum atomic E-state index is 13.7. The molecule has 1 heterocycles. The quantitative estimate of drug-likeness (QED) is 0.292. The first-order valence-corrected chi connectivity index (χ1v) is 13.8. The van der Waals surface area contributed by atoms with Crippen molar-refractivity contribution in [3.05, 3.63) is 138 Å². The molecule has 0 radical (unpaired) electrons. The van der Waals surface area contributed by atoms with Crippen molar-refractivity contribution in [3.63, 3.8) is 0 Å². The number of piperazine rings is 1. The summed E-state index contributed by atoms with van der Waals surface area (Å²) in [6.45, 7) is 5.39. The molecule has 39 heavy (non-hydrogen) atoms. The first kappa shape index (κ1) is 26.7. The summed E-state index contributed by atoms with van der Waals surface area (Å²) >= 11 is 0. The van der Waals surface area contributed by atoms with Crippen molar-refractivity contribution >= 4 is 5.91 Å². The van der Waals surface area contributed by atoms with Crippen LogP contribution in [0.3, 0.4) is 0 Å². The van der Waals surface area contributed by atoms with E-state index in [0.717, 1.165) is 55.2 Å². The van der Waals surface area contributed by atoms with Crippen molar-refractivity contribution in [2.75, 3.05) is 26.2 Å². The van der Waals surface area contributed by atoms with Gasteiger partial charge in [-0.25, -0.2) is 0 Å². The van der Waals surface area contributed by atoms with Crippen LogP contribution in [0.1, 0.15) is 22.3 Å². The molecule has 0 saturated carbocycles. The summed E-state index contributed by atoms with van der Waals surface area (Å²) in [4.78, 5) is 18.1. The average Bonchev–Trinajstić information content (AvgIpc) is 3.00. The van der Waals surface area contributed by atoms with Crippen LogP contribution < -0.4 is 10.1 Å². The Morgan fingerprint density at radius 1 is 0.667 bits per heavy atom. The molecule has 1 saturated heterocycles. The highest BCUT2D eigenvalue weighted by molar-refractivity contribution is 5.82. The third-order valence-corrected chi connectivity index (χ3v) is 7.24. The van der Waals surface area contributed by atoms with Gasteiger partial charge in [0.05, 0.1) is 6.04 Å². The van der Waals surface area contributed by atoms with E-state index in [0.29, 0.717) is 19.6 Å². The van der Waals surface area contributed by atoms with E-state index in [2.05, 4.69) is 70.9 Å². The maximum Gasteiger partial charge on any atom is 0.240 e. The summed E-state index contributed by atoms with van der Waals surface area (Å²) in [6, 6.07) is 38.9. The molecule has 0 aliphatic carbocycles. The summed E-state index contributed by atoms with van der Waals surface area (Å²) in [7, 11) is 0. The van der Waals surface area contributed by atoms with E-state index in [1.165, 1.54) is 5.56 Å². The van der Waals surface area contributed by atoms with Crippen LogP contribution in [0.5, 0.6) is 5.75 Å². The molecule has 4 aromatic carbocycles. The molecule has 5 rings (SSSR count). The fourth-order valence-electron chi connectivity index (χ4n) is 4.97. The number of carbonyl (C=O) groups excluding carboxylic acids is 1. The Morgan fingerprint density at radius 3 is 1.85 bits per heavy atom. The lowest BCUT2D eigenvalue weighted by atomic mass is 10.0. The summed E-state index contributed by atoms with van der Waals surface area (Å²) in [6.07, 6.45) is 0.669. The lowest BCUT2D eigenvalue weighted by Crippen LogP contribution is -2.54. The summed E-state index contributed by atoms with van der Waals surface area (Å²) in [5.41, 5.74) is 4.75. The Bertz CT molecular complexity index is 1270. The highest BCUT2D eigenvalue weighted by atomic mass is 16.5. The van der Waals surface area contributed by atoms with Crippen molar-refractivity contribution < 1.29 is 9.53 Å². The van der Waals surface area contributed by atoms with Gasteiger partial charge in [-0.05, 0) is 40.8 Å². The molecular formula is C34H37N3O2. The van der Waals surface area contributed by atoms with Gasteiger partial charge in [0.2, 0.25) is 5.91 Å². The Labute approximate surface area is 232 Å². The highest BCUT2D eigenvalue weighted by Gasteiger charge is 2.27. The van der Waals surface area contributed by atoms with E-state index >= 15 is 0 Å². The van der Waals surface area contributed by atoms with E-state index < -0.39 is 0 Å². The smallest absolute Gasteiger partial charge is 0.240 e. The van der Waals surface area contributed by atoms with Crippen LogP contribution in [-0.2, 0) is 30.9 Å². The number of nitrogens with zero attached hydrogens (tertiary/aromatic N) is 2. The number of amides is 1. The van der Waals surface area contributed by atoms with E-state index in [1.807, 2.05) is 59.5 Å². The van der Waals surface area contributed by atoms with Gasteiger partial charge in [0, 0.05) is 39.3 Å². The predicted octanol–water partition coefficient (Wildman–Crippen LogP) is 5.31. The van der Waals surface area contributed by atoms with Crippen LogP contribution in [0.4, 0.5) is 0 Å². The molecule has 1 atom stereocenters. The normalized spacial score (nSPS) is 14.6. The molecule has 0 bridgehead atoms. The second-order valence-electron chi connectivity index (χ2n) is 10.1. The van der Waals surface area contributed by atoms with Crippen molar-refractivity contribution in [2.24, 2.45) is 0 Å². The highest BCUT2D eigenvalue weighted by Crippen LogP contribution is 2.16. The fraction of sp³-hybridized carbons (Fsp3) is 0.265. The average molecular weight is 520 g/mol. The topological polar surface area (TPSA) is 44.8 Å². The van der Waals surface area contributed by atoms with Crippen LogP contribution in [-0.4, -0.2) is 47.9 Å². The molecule has 4 aromatic rings. The van der Waals surface area contributed by atoms with Crippen molar-refractivity contribution in [3.8, 4) is 5.75 Å². The van der Waals surface area contributed by atoms with E-state index in [-0.39, 0.29) is 11.9 Å². The first-order valence-electron chi connectivity index (χ1n) is 13.8. The molecule has 200 valence electrons. The summed E-state index contributed by atoms with van der Waals surface area (Å²) in [5.74, 6) is 1.02. The van der Waals surface area contributed by atoms with Crippen LogP contribution in [0.15, 0.2) is 115 Å². The minimum absolute atomic E-state index is 0.182. The molecule has 5 heteroatoms. The number of nitrogens with one attached hydrogen (secondary N) is 1.